The Kier molecular flexibility index (Phi) is 5.64. The summed E-state index contributed by atoms with van der Waals surface area (Å²) >= 11 is 0. The van der Waals surface area contributed by atoms with Crippen LogP contribution in [0.5, 0.6) is 0 Å². The van der Waals surface area contributed by atoms with Crippen molar-refractivity contribution in [1.82, 2.24) is 10.6 Å². The van der Waals surface area contributed by atoms with Gasteiger partial charge in [-0.3, -0.25) is 0 Å². The molecule has 0 heterocycles. The first-order valence-corrected chi connectivity index (χ1v) is 5.76. The third kappa shape index (κ3) is 4.68. The Balaban J connectivity index is 2.54. The van der Waals surface area contributed by atoms with Crippen LogP contribution in [-0.4, -0.2) is 23.1 Å². The van der Waals surface area contributed by atoms with E-state index in [9.17, 15) is 18.4 Å². The van der Waals surface area contributed by atoms with Crippen molar-refractivity contribution in [3.05, 3.63) is 48.1 Å². The highest BCUT2D eigenvalue weighted by atomic mass is 19.1. The van der Waals surface area contributed by atoms with E-state index in [-0.39, 0.29) is 18.5 Å². The number of carboxylic acid groups (broad SMARTS) is 1. The van der Waals surface area contributed by atoms with Crippen LogP contribution in [0.1, 0.15) is 12.0 Å². The number of carbonyl (C=O) groups is 2. The maximum absolute atomic E-state index is 13.3. The SMILES string of the molecule is C=CCC(NC(=O)NCc1ccc(F)cc1F)C(=O)O. The largest absolute Gasteiger partial charge is 0.480 e. The number of carbonyl (C=O) groups excluding carboxylic acids is 1. The van der Waals surface area contributed by atoms with Crippen molar-refractivity contribution >= 4 is 12.0 Å². The predicted molar refractivity (Wildman–Crippen MR) is 68.0 cm³/mol. The molecule has 0 saturated heterocycles. The fourth-order valence-corrected chi connectivity index (χ4v) is 1.44. The summed E-state index contributed by atoms with van der Waals surface area (Å²) in [6.45, 7) is 3.20. The van der Waals surface area contributed by atoms with E-state index in [1.807, 2.05) is 0 Å². The van der Waals surface area contributed by atoms with Crippen LogP contribution in [-0.2, 0) is 11.3 Å². The molecule has 0 aliphatic heterocycles. The lowest BCUT2D eigenvalue weighted by Crippen LogP contribution is -2.45. The Morgan fingerprint density at radius 2 is 2.10 bits per heavy atom. The molecule has 0 bridgehead atoms. The van der Waals surface area contributed by atoms with Crippen LogP contribution in [0.25, 0.3) is 0 Å². The molecule has 0 radical (unpaired) electrons. The number of aliphatic carboxylic acids is 1. The Morgan fingerprint density at radius 3 is 2.65 bits per heavy atom. The normalized spacial score (nSPS) is 11.5. The summed E-state index contributed by atoms with van der Waals surface area (Å²) in [7, 11) is 0. The zero-order chi connectivity index (χ0) is 15.1. The summed E-state index contributed by atoms with van der Waals surface area (Å²) in [6.07, 6.45) is 1.42. The van der Waals surface area contributed by atoms with Gasteiger partial charge >= 0.3 is 12.0 Å². The second-order valence-corrected chi connectivity index (χ2v) is 3.98. The Morgan fingerprint density at radius 1 is 1.40 bits per heavy atom. The molecule has 0 spiro atoms. The fourth-order valence-electron chi connectivity index (χ4n) is 1.44. The van der Waals surface area contributed by atoms with Gasteiger partial charge in [0.05, 0.1) is 0 Å². The zero-order valence-electron chi connectivity index (χ0n) is 10.5. The molecule has 7 heteroatoms. The Hall–Kier alpha value is -2.44. The zero-order valence-corrected chi connectivity index (χ0v) is 10.5. The second-order valence-electron chi connectivity index (χ2n) is 3.98. The van der Waals surface area contributed by atoms with Gasteiger partial charge in [0.15, 0.2) is 0 Å². The molecular formula is C13H14F2N2O3. The molecule has 20 heavy (non-hydrogen) atoms. The van der Waals surface area contributed by atoms with Gasteiger partial charge < -0.3 is 15.7 Å². The minimum absolute atomic E-state index is 0.0632. The molecule has 2 amide bonds. The molecule has 3 N–H and O–H groups in total. The van der Waals surface area contributed by atoms with Gasteiger partial charge in [-0.1, -0.05) is 12.1 Å². The van der Waals surface area contributed by atoms with Crippen LogP contribution < -0.4 is 10.6 Å². The number of nitrogens with one attached hydrogen (secondary N) is 2. The van der Waals surface area contributed by atoms with Gasteiger partial charge in [-0.05, 0) is 12.5 Å². The number of amides is 2. The minimum Gasteiger partial charge on any atom is -0.480 e. The van der Waals surface area contributed by atoms with E-state index in [4.69, 9.17) is 5.11 Å². The van der Waals surface area contributed by atoms with E-state index in [2.05, 4.69) is 17.2 Å². The van der Waals surface area contributed by atoms with E-state index in [0.29, 0.717) is 6.07 Å². The van der Waals surface area contributed by atoms with Crippen LogP contribution in [0.15, 0.2) is 30.9 Å². The quantitative estimate of drug-likeness (QED) is 0.697. The average Bonchev–Trinajstić information content (AvgIpc) is 2.37. The number of carboxylic acids is 1. The molecular weight excluding hydrogens is 270 g/mol. The van der Waals surface area contributed by atoms with E-state index >= 15 is 0 Å². The molecule has 0 saturated carbocycles. The molecule has 0 aromatic heterocycles. The van der Waals surface area contributed by atoms with Crippen LogP contribution in [0.4, 0.5) is 13.6 Å². The highest BCUT2D eigenvalue weighted by molar-refractivity contribution is 5.82. The van der Waals surface area contributed by atoms with Crippen molar-refractivity contribution in [2.45, 2.75) is 19.0 Å². The Labute approximate surface area is 114 Å². The summed E-state index contributed by atoms with van der Waals surface area (Å²) in [5.74, 6) is -2.70. The summed E-state index contributed by atoms with van der Waals surface area (Å²) in [4.78, 5) is 22.3. The average molecular weight is 284 g/mol. The minimum atomic E-state index is -1.20. The lowest BCUT2D eigenvalue weighted by molar-refractivity contribution is -0.139. The molecule has 108 valence electrons. The van der Waals surface area contributed by atoms with Crippen molar-refractivity contribution in [2.24, 2.45) is 0 Å². The highest BCUT2D eigenvalue weighted by Gasteiger charge is 2.18. The maximum atomic E-state index is 13.3. The van der Waals surface area contributed by atoms with Gasteiger partial charge in [0, 0.05) is 18.2 Å². The first kappa shape index (κ1) is 15.6. The molecule has 1 aromatic rings. The summed E-state index contributed by atoms with van der Waals surface area (Å²) in [6, 6.07) is 1.10. The van der Waals surface area contributed by atoms with Gasteiger partial charge in [-0.25, -0.2) is 18.4 Å². The highest BCUT2D eigenvalue weighted by Crippen LogP contribution is 2.08. The van der Waals surface area contributed by atoms with Crippen LogP contribution in [0.3, 0.4) is 0 Å². The van der Waals surface area contributed by atoms with E-state index < -0.39 is 29.7 Å². The van der Waals surface area contributed by atoms with Gasteiger partial charge in [-0.15, -0.1) is 6.58 Å². The summed E-state index contributed by atoms with van der Waals surface area (Å²) in [5, 5.41) is 13.3. The topological polar surface area (TPSA) is 78.4 Å². The van der Waals surface area contributed by atoms with E-state index in [1.54, 1.807) is 0 Å². The van der Waals surface area contributed by atoms with Gasteiger partial charge in [0.1, 0.15) is 17.7 Å². The van der Waals surface area contributed by atoms with E-state index in [0.717, 1.165) is 6.07 Å². The van der Waals surface area contributed by atoms with Crippen LogP contribution >= 0.6 is 0 Å². The molecule has 1 aromatic carbocycles. The van der Waals surface area contributed by atoms with Crippen LogP contribution in [0, 0.1) is 11.6 Å². The first-order valence-electron chi connectivity index (χ1n) is 5.76. The maximum Gasteiger partial charge on any atom is 0.326 e. The van der Waals surface area contributed by atoms with Crippen molar-refractivity contribution in [3.63, 3.8) is 0 Å². The van der Waals surface area contributed by atoms with Crippen LogP contribution in [0.2, 0.25) is 0 Å². The third-order valence-corrected chi connectivity index (χ3v) is 2.46. The number of rotatable bonds is 6. The molecule has 1 atom stereocenters. The first-order chi connectivity index (χ1) is 9.43. The smallest absolute Gasteiger partial charge is 0.326 e. The fraction of sp³-hybridized carbons (Fsp3) is 0.231. The monoisotopic (exact) mass is 284 g/mol. The summed E-state index contributed by atoms with van der Waals surface area (Å²) < 4.78 is 26.0. The van der Waals surface area contributed by atoms with E-state index in [1.165, 1.54) is 12.1 Å². The van der Waals surface area contributed by atoms with Crippen molar-refractivity contribution in [2.75, 3.05) is 0 Å². The third-order valence-electron chi connectivity index (χ3n) is 2.46. The van der Waals surface area contributed by atoms with Crippen molar-refractivity contribution in [1.29, 1.82) is 0 Å². The van der Waals surface area contributed by atoms with Crippen molar-refractivity contribution < 1.29 is 23.5 Å². The molecule has 1 rings (SSSR count). The lowest BCUT2D eigenvalue weighted by Gasteiger charge is -2.13. The summed E-state index contributed by atoms with van der Waals surface area (Å²) in [5.41, 5.74) is 0.0946. The molecule has 0 aliphatic rings. The van der Waals surface area contributed by atoms with Crippen molar-refractivity contribution in [3.8, 4) is 0 Å². The molecule has 0 aliphatic carbocycles. The van der Waals surface area contributed by atoms with Gasteiger partial charge in [0.25, 0.3) is 0 Å². The predicted octanol–water partition coefficient (Wildman–Crippen LogP) is 1.79. The number of hydrogen-bond donors (Lipinski definition) is 3. The van der Waals surface area contributed by atoms with Gasteiger partial charge in [0.2, 0.25) is 0 Å². The second kappa shape index (κ2) is 7.22. The van der Waals surface area contributed by atoms with Gasteiger partial charge in [-0.2, -0.15) is 0 Å². The lowest BCUT2D eigenvalue weighted by atomic mass is 10.2. The standard InChI is InChI=1S/C13H14F2N2O3/c1-2-3-11(12(18)19)17-13(20)16-7-8-4-5-9(14)6-10(8)15/h2,4-6,11H,1,3,7H2,(H,18,19)(H2,16,17,20). The molecule has 0 fully saturated rings. The number of urea groups is 1. The number of halogens is 2. The Bertz CT molecular complexity index is 520. The molecule has 1 unspecified atom stereocenters. The molecule has 5 nitrogen and oxygen atoms in total. The number of benzene rings is 1. The number of hydrogen-bond acceptors (Lipinski definition) is 2.